The molecule has 19 heavy (non-hydrogen) atoms. The zero-order chi connectivity index (χ0) is 13.7. The van der Waals surface area contributed by atoms with Crippen LogP contribution in [0.1, 0.15) is 17.5 Å². The summed E-state index contributed by atoms with van der Waals surface area (Å²) in [6.07, 6.45) is 6.22. The van der Waals surface area contributed by atoms with E-state index in [-0.39, 0.29) is 12.4 Å². The van der Waals surface area contributed by atoms with Crippen LogP contribution in [0.5, 0.6) is 0 Å². The Labute approximate surface area is 111 Å². The SMILES string of the molecule is COC(=O)CC=CC1=Cc2ccccc2CC1=[N+]=[N-]. The lowest BCUT2D eigenvalue weighted by Crippen LogP contribution is -2.12. The van der Waals surface area contributed by atoms with Gasteiger partial charge in [0.15, 0.2) is 0 Å². The minimum Gasteiger partial charge on any atom is -0.469 e. The highest BCUT2D eigenvalue weighted by atomic mass is 16.5. The molecule has 2 rings (SSSR count). The first-order valence-corrected chi connectivity index (χ1v) is 5.99. The van der Waals surface area contributed by atoms with Gasteiger partial charge < -0.3 is 10.3 Å². The Morgan fingerprint density at radius 3 is 3.00 bits per heavy atom. The van der Waals surface area contributed by atoms with Crippen LogP contribution >= 0.6 is 0 Å². The van der Waals surface area contributed by atoms with Crippen molar-refractivity contribution < 1.29 is 14.3 Å². The molecule has 96 valence electrons. The van der Waals surface area contributed by atoms with Gasteiger partial charge in [0.2, 0.25) is 0 Å². The van der Waals surface area contributed by atoms with Crippen LogP contribution in [0.2, 0.25) is 0 Å². The topological polar surface area (TPSA) is 62.7 Å². The van der Waals surface area contributed by atoms with Crippen molar-refractivity contribution in [2.45, 2.75) is 12.8 Å². The van der Waals surface area contributed by atoms with Crippen molar-refractivity contribution in [3.63, 3.8) is 0 Å². The highest BCUT2D eigenvalue weighted by Gasteiger charge is 2.20. The summed E-state index contributed by atoms with van der Waals surface area (Å²) in [5, 5.41) is 0. The molecule has 0 spiro atoms. The zero-order valence-corrected chi connectivity index (χ0v) is 10.7. The molecule has 0 unspecified atom stereocenters. The Bertz CT molecular complexity index is 608. The van der Waals surface area contributed by atoms with Gasteiger partial charge in [-0.2, -0.15) is 4.79 Å². The van der Waals surface area contributed by atoms with E-state index in [1.807, 2.05) is 30.3 Å². The number of esters is 1. The number of nitrogens with zero attached hydrogens (tertiary/aromatic N) is 2. The predicted molar refractivity (Wildman–Crippen MR) is 72.5 cm³/mol. The third kappa shape index (κ3) is 3.06. The molecular weight excluding hydrogens is 240 g/mol. The van der Waals surface area contributed by atoms with E-state index in [0.717, 1.165) is 16.7 Å². The van der Waals surface area contributed by atoms with E-state index in [2.05, 4.69) is 9.53 Å². The van der Waals surface area contributed by atoms with Crippen molar-refractivity contribution in [3.8, 4) is 0 Å². The summed E-state index contributed by atoms with van der Waals surface area (Å²) in [4.78, 5) is 14.4. The molecule has 1 aliphatic carbocycles. The normalized spacial score (nSPS) is 13.7. The van der Waals surface area contributed by atoms with E-state index in [1.165, 1.54) is 7.11 Å². The molecule has 0 heterocycles. The minimum atomic E-state index is -0.296. The fourth-order valence-electron chi connectivity index (χ4n) is 1.97. The van der Waals surface area contributed by atoms with E-state index in [1.54, 1.807) is 12.2 Å². The number of methoxy groups -OCH3 is 1. The molecule has 0 N–H and O–H groups in total. The number of hydrogen-bond donors (Lipinski definition) is 0. The van der Waals surface area contributed by atoms with Crippen LogP contribution in [0.4, 0.5) is 0 Å². The molecule has 0 aliphatic heterocycles. The van der Waals surface area contributed by atoms with Crippen LogP contribution < -0.4 is 0 Å². The molecule has 1 aliphatic rings. The monoisotopic (exact) mass is 254 g/mol. The summed E-state index contributed by atoms with van der Waals surface area (Å²) in [6, 6.07) is 7.94. The van der Waals surface area contributed by atoms with Crippen LogP contribution in [-0.4, -0.2) is 23.6 Å². The highest BCUT2D eigenvalue weighted by molar-refractivity contribution is 6.06. The number of allylic oxidation sites excluding steroid dienone is 2. The minimum absolute atomic E-state index is 0.203. The Morgan fingerprint density at radius 1 is 1.47 bits per heavy atom. The van der Waals surface area contributed by atoms with E-state index < -0.39 is 0 Å². The molecule has 4 heteroatoms. The van der Waals surface area contributed by atoms with Gasteiger partial charge in [0.05, 0.1) is 25.5 Å². The third-order valence-electron chi connectivity index (χ3n) is 2.99. The highest BCUT2D eigenvalue weighted by Crippen LogP contribution is 2.22. The van der Waals surface area contributed by atoms with Crippen molar-refractivity contribution in [3.05, 3.63) is 58.6 Å². The molecule has 0 atom stereocenters. The number of carbonyl (C=O) groups is 1. The number of hydrogen-bond acceptors (Lipinski definition) is 2. The molecule has 1 aromatic rings. The Kier molecular flexibility index (Phi) is 4.06. The van der Waals surface area contributed by atoms with E-state index in [4.69, 9.17) is 5.53 Å². The maximum atomic E-state index is 11.0. The van der Waals surface area contributed by atoms with Crippen molar-refractivity contribution in [1.82, 2.24) is 0 Å². The van der Waals surface area contributed by atoms with Crippen LogP contribution in [0.3, 0.4) is 0 Å². The second kappa shape index (κ2) is 5.94. The molecule has 1 aromatic carbocycles. The third-order valence-corrected chi connectivity index (χ3v) is 2.99. The maximum Gasteiger partial charge on any atom is 0.309 e. The van der Waals surface area contributed by atoms with Gasteiger partial charge in [-0.3, -0.25) is 4.79 Å². The summed E-state index contributed by atoms with van der Waals surface area (Å²) in [5.74, 6) is -0.296. The van der Waals surface area contributed by atoms with Crippen molar-refractivity contribution in [2.24, 2.45) is 0 Å². The van der Waals surface area contributed by atoms with Crippen LogP contribution in [0, 0.1) is 0 Å². The number of ether oxygens (including phenoxy) is 1. The largest absolute Gasteiger partial charge is 0.469 e. The first kappa shape index (κ1) is 13.0. The summed E-state index contributed by atoms with van der Waals surface area (Å²) >= 11 is 0. The van der Waals surface area contributed by atoms with Crippen LogP contribution in [0.25, 0.3) is 11.6 Å². The van der Waals surface area contributed by atoms with Gasteiger partial charge in [-0.15, -0.1) is 0 Å². The smallest absolute Gasteiger partial charge is 0.309 e. The van der Waals surface area contributed by atoms with Crippen molar-refractivity contribution in [1.29, 1.82) is 0 Å². The molecule has 0 fully saturated rings. The average molecular weight is 254 g/mol. The van der Waals surface area contributed by atoms with Crippen molar-refractivity contribution >= 4 is 17.8 Å². The Morgan fingerprint density at radius 2 is 2.26 bits per heavy atom. The molecule has 0 saturated carbocycles. The fraction of sp³-hybridized carbons (Fsp3) is 0.200. The standard InChI is InChI=1S/C15H14N2O2/c1-19-15(18)8-4-7-13-9-11-5-2-3-6-12(11)10-14(13)17-16/h2-7,9H,8,10H2,1H3. The van der Waals surface area contributed by atoms with Crippen LogP contribution in [0.15, 0.2) is 42.0 Å². The molecule has 0 aromatic heterocycles. The molecule has 0 amide bonds. The fourth-order valence-corrected chi connectivity index (χ4v) is 1.97. The Balaban J connectivity index is 2.25. The predicted octanol–water partition coefficient (Wildman–Crippen LogP) is 2.42. The zero-order valence-electron chi connectivity index (χ0n) is 10.7. The van der Waals surface area contributed by atoms with Crippen LogP contribution in [-0.2, 0) is 16.0 Å². The van der Waals surface area contributed by atoms with Gasteiger partial charge in [0.25, 0.3) is 0 Å². The average Bonchev–Trinajstić information content (AvgIpc) is 2.46. The Hall–Kier alpha value is -2.45. The molecule has 0 saturated heterocycles. The lowest BCUT2D eigenvalue weighted by molar-refractivity contribution is -0.139. The van der Waals surface area contributed by atoms with Gasteiger partial charge in [-0.05, 0) is 17.2 Å². The van der Waals surface area contributed by atoms with Gasteiger partial charge in [-0.25, -0.2) is 0 Å². The molecule has 4 nitrogen and oxygen atoms in total. The molecular formula is C15H14N2O2. The van der Waals surface area contributed by atoms with Crippen molar-refractivity contribution in [2.75, 3.05) is 7.11 Å². The second-order valence-electron chi connectivity index (χ2n) is 4.20. The maximum absolute atomic E-state index is 11.0. The first-order chi connectivity index (χ1) is 9.24. The summed E-state index contributed by atoms with van der Waals surface area (Å²) in [6.45, 7) is 0. The molecule has 0 radical (unpaired) electrons. The van der Waals surface area contributed by atoms with E-state index >= 15 is 0 Å². The molecule has 0 bridgehead atoms. The first-order valence-electron chi connectivity index (χ1n) is 5.99. The summed E-state index contributed by atoms with van der Waals surface area (Å²) < 4.78 is 4.56. The van der Waals surface area contributed by atoms with Gasteiger partial charge in [-0.1, -0.05) is 36.4 Å². The number of fused-ring (bicyclic) bond motifs is 1. The number of benzene rings is 1. The van der Waals surface area contributed by atoms with Gasteiger partial charge >= 0.3 is 11.7 Å². The second-order valence-corrected chi connectivity index (χ2v) is 4.20. The summed E-state index contributed by atoms with van der Waals surface area (Å²) in [7, 11) is 1.35. The number of rotatable bonds is 3. The lowest BCUT2D eigenvalue weighted by atomic mass is 9.90. The van der Waals surface area contributed by atoms with Gasteiger partial charge in [0, 0.05) is 0 Å². The lowest BCUT2D eigenvalue weighted by Gasteiger charge is -2.10. The van der Waals surface area contributed by atoms with E-state index in [0.29, 0.717) is 12.1 Å². The quantitative estimate of drug-likeness (QED) is 0.472. The van der Waals surface area contributed by atoms with E-state index in [9.17, 15) is 4.79 Å². The van der Waals surface area contributed by atoms with Gasteiger partial charge in [0.1, 0.15) is 0 Å². The summed E-state index contributed by atoms with van der Waals surface area (Å²) in [5.41, 5.74) is 12.7. The number of carbonyl (C=O) groups excluding carboxylic acids is 1.